The number of aliphatic carboxylic acids is 1. The summed E-state index contributed by atoms with van der Waals surface area (Å²) < 4.78 is 0. The zero-order valence-electron chi connectivity index (χ0n) is 9.22. The molecule has 0 aliphatic heterocycles. The van der Waals surface area contributed by atoms with Gasteiger partial charge in [0, 0.05) is 19.2 Å². The predicted octanol–water partition coefficient (Wildman–Crippen LogP) is 0.141. The van der Waals surface area contributed by atoms with E-state index < -0.39 is 5.97 Å². The highest BCUT2D eigenvalue weighted by molar-refractivity contribution is 5.73. The lowest BCUT2D eigenvalue weighted by molar-refractivity contribution is -0.137. The Morgan fingerprint density at radius 2 is 2.18 bits per heavy atom. The molecule has 2 amide bonds. The molecule has 0 radical (unpaired) electrons. The number of hydrogen-bond donors (Lipinski definition) is 3. The van der Waals surface area contributed by atoms with E-state index in [4.69, 9.17) is 5.11 Å². The smallest absolute Gasteiger partial charge is 0.315 e. The van der Waals surface area contributed by atoms with Gasteiger partial charge in [0.15, 0.2) is 0 Å². The zero-order valence-corrected chi connectivity index (χ0v) is 9.22. The maximum absolute atomic E-state index is 11.2. The molecule has 7 nitrogen and oxygen atoms in total. The van der Waals surface area contributed by atoms with Gasteiger partial charge in [-0.1, -0.05) is 0 Å². The molecule has 0 unspecified atom stereocenters. The second-order valence-corrected chi connectivity index (χ2v) is 3.31. The van der Waals surface area contributed by atoms with E-state index in [1.165, 1.54) is 6.33 Å². The maximum Gasteiger partial charge on any atom is 0.315 e. The Morgan fingerprint density at radius 1 is 1.35 bits per heavy atom. The van der Waals surface area contributed by atoms with Crippen LogP contribution in [0.4, 0.5) is 4.79 Å². The minimum Gasteiger partial charge on any atom is -0.481 e. The molecule has 0 saturated heterocycles. The van der Waals surface area contributed by atoms with Crippen LogP contribution < -0.4 is 10.6 Å². The summed E-state index contributed by atoms with van der Waals surface area (Å²) in [4.78, 5) is 29.2. The van der Waals surface area contributed by atoms with Gasteiger partial charge in [0.25, 0.3) is 0 Å². The van der Waals surface area contributed by atoms with Gasteiger partial charge in [0.2, 0.25) is 0 Å². The number of carboxylic acid groups (broad SMARTS) is 1. The third kappa shape index (κ3) is 6.08. The minimum atomic E-state index is -0.867. The quantitative estimate of drug-likeness (QED) is 0.611. The fourth-order valence-electron chi connectivity index (χ4n) is 1.10. The summed E-state index contributed by atoms with van der Waals surface area (Å²) in [6, 6.07) is 1.36. The highest BCUT2D eigenvalue weighted by atomic mass is 16.4. The fraction of sp³-hybridized carbons (Fsp3) is 0.400. The number of nitrogens with zero attached hydrogens (tertiary/aromatic N) is 2. The molecular weight excluding hydrogens is 224 g/mol. The van der Waals surface area contributed by atoms with E-state index in [1.54, 1.807) is 12.3 Å². The first-order valence-corrected chi connectivity index (χ1v) is 5.17. The first-order valence-electron chi connectivity index (χ1n) is 5.17. The topological polar surface area (TPSA) is 104 Å². The number of rotatable bonds is 6. The lowest BCUT2D eigenvalue weighted by atomic mass is 10.3. The molecule has 0 spiro atoms. The van der Waals surface area contributed by atoms with Crippen molar-refractivity contribution in [2.24, 2.45) is 0 Å². The second kappa shape index (κ2) is 7.15. The molecule has 0 atom stereocenters. The van der Waals surface area contributed by atoms with Crippen molar-refractivity contribution in [3.8, 4) is 0 Å². The molecule has 1 aromatic rings. The summed E-state index contributed by atoms with van der Waals surface area (Å²) in [5.74, 6) is -0.867. The van der Waals surface area contributed by atoms with Crippen molar-refractivity contribution in [1.82, 2.24) is 20.6 Å². The normalized spacial score (nSPS) is 9.65. The van der Waals surface area contributed by atoms with E-state index in [1.807, 2.05) is 0 Å². The van der Waals surface area contributed by atoms with E-state index in [-0.39, 0.29) is 12.5 Å². The van der Waals surface area contributed by atoms with E-state index in [2.05, 4.69) is 20.6 Å². The van der Waals surface area contributed by atoms with E-state index in [0.717, 1.165) is 0 Å². The Morgan fingerprint density at radius 3 is 2.82 bits per heavy atom. The van der Waals surface area contributed by atoms with E-state index >= 15 is 0 Å². The first kappa shape index (κ1) is 12.9. The van der Waals surface area contributed by atoms with Crippen LogP contribution in [-0.2, 0) is 11.3 Å². The number of hydrogen-bond acceptors (Lipinski definition) is 4. The third-order valence-corrected chi connectivity index (χ3v) is 1.93. The fourth-order valence-corrected chi connectivity index (χ4v) is 1.10. The van der Waals surface area contributed by atoms with Crippen LogP contribution in [0.2, 0.25) is 0 Å². The van der Waals surface area contributed by atoms with Crippen molar-refractivity contribution in [1.29, 1.82) is 0 Å². The zero-order chi connectivity index (χ0) is 12.5. The van der Waals surface area contributed by atoms with Crippen molar-refractivity contribution < 1.29 is 14.7 Å². The standard InChI is InChI=1S/C10H14N4O3/c15-9(16)2-1-4-12-10(17)13-6-8-3-5-11-7-14-8/h3,5,7H,1-2,4,6H2,(H,15,16)(H2,12,13,17). The highest BCUT2D eigenvalue weighted by Crippen LogP contribution is 1.89. The van der Waals surface area contributed by atoms with Gasteiger partial charge >= 0.3 is 12.0 Å². The van der Waals surface area contributed by atoms with Crippen LogP contribution in [0.25, 0.3) is 0 Å². The Balaban J connectivity index is 2.11. The molecule has 0 aromatic carbocycles. The van der Waals surface area contributed by atoms with Gasteiger partial charge in [-0.05, 0) is 12.5 Å². The minimum absolute atomic E-state index is 0.0478. The third-order valence-electron chi connectivity index (χ3n) is 1.93. The predicted molar refractivity (Wildman–Crippen MR) is 59.1 cm³/mol. The van der Waals surface area contributed by atoms with Gasteiger partial charge in [0.05, 0.1) is 12.2 Å². The van der Waals surface area contributed by atoms with Gasteiger partial charge in [-0.3, -0.25) is 4.79 Å². The molecule has 0 aliphatic rings. The number of carboxylic acids is 1. The van der Waals surface area contributed by atoms with Crippen LogP contribution >= 0.6 is 0 Å². The summed E-state index contributed by atoms with van der Waals surface area (Å²) in [6.07, 6.45) is 3.46. The molecule has 1 heterocycles. The lowest BCUT2D eigenvalue weighted by Crippen LogP contribution is -2.35. The summed E-state index contributed by atoms with van der Waals surface area (Å²) in [5.41, 5.74) is 0.709. The first-order chi connectivity index (χ1) is 8.18. The van der Waals surface area contributed by atoms with Crippen molar-refractivity contribution in [3.63, 3.8) is 0 Å². The van der Waals surface area contributed by atoms with Crippen LogP contribution in [0.1, 0.15) is 18.5 Å². The molecule has 0 fully saturated rings. The van der Waals surface area contributed by atoms with E-state index in [0.29, 0.717) is 25.2 Å². The van der Waals surface area contributed by atoms with Crippen LogP contribution in [0.15, 0.2) is 18.6 Å². The number of carbonyl (C=O) groups excluding carboxylic acids is 1. The summed E-state index contributed by atoms with van der Waals surface area (Å²) >= 11 is 0. The Kier molecular flexibility index (Phi) is 5.42. The molecule has 0 bridgehead atoms. The monoisotopic (exact) mass is 238 g/mol. The Labute approximate surface area is 98.3 Å². The highest BCUT2D eigenvalue weighted by Gasteiger charge is 2.01. The molecule has 17 heavy (non-hydrogen) atoms. The SMILES string of the molecule is O=C(O)CCCNC(=O)NCc1ccncn1. The summed E-state index contributed by atoms with van der Waals surface area (Å²) in [7, 11) is 0. The average Bonchev–Trinajstić information content (AvgIpc) is 2.33. The summed E-state index contributed by atoms with van der Waals surface area (Å²) in [6.45, 7) is 0.648. The van der Waals surface area contributed by atoms with Crippen molar-refractivity contribution in [2.45, 2.75) is 19.4 Å². The van der Waals surface area contributed by atoms with Crippen molar-refractivity contribution >= 4 is 12.0 Å². The van der Waals surface area contributed by atoms with Crippen molar-refractivity contribution in [3.05, 3.63) is 24.3 Å². The molecule has 0 saturated carbocycles. The van der Waals surface area contributed by atoms with Gasteiger partial charge in [-0.2, -0.15) is 0 Å². The summed E-state index contributed by atoms with van der Waals surface area (Å²) in [5, 5.41) is 13.5. The van der Waals surface area contributed by atoms with E-state index in [9.17, 15) is 9.59 Å². The van der Waals surface area contributed by atoms with Gasteiger partial charge in [0.1, 0.15) is 6.33 Å². The van der Waals surface area contributed by atoms with Crippen LogP contribution in [0.5, 0.6) is 0 Å². The second-order valence-electron chi connectivity index (χ2n) is 3.31. The number of amides is 2. The Hall–Kier alpha value is -2.18. The largest absolute Gasteiger partial charge is 0.481 e. The molecular formula is C10H14N4O3. The molecule has 1 aromatic heterocycles. The van der Waals surface area contributed by atoms with Crippen LogP contribution in [0, 0.1) is 0 Å². The molecule has 7 heteroatoms. The molecule has 3 N–H and O–H groups in total. The molecule has 92 valence electrons. The average molecular weight is 238 g/mol. The van der Waals surface area contributed by atoms with Crippen LogP contribution in [0.3, 0.4) is 0 Å². The number of nitrogens with one attached hydrogen (secondary N) is 2. The van der Waals surface area contributed by atoms with Gasteiger partial charge in [-0.15, -0.1) is 0 Å². The number of carbonyl (C=O) groups is 2. The van der Waals surface area contributed by atoms with Crippen LogP contribution in [-0.4, -0.2) is 33.6 Å². The molecule has 0 aliphatic carbocycles. The maximum atomic E-state index is 11.2. The van der Waals surface area contributed by atoms with Crippen molar-refractivity contribution in [2.75, 3.05) is 6.54 Å². The Bertz CT molecular complexity index is 369. The van der Waals surface area contributed by atoms with Gasteiger partial charge < -0.3 is 15.7 Å². The number of urea groups is 1. The molecule has 1 rings (SSSR count). The lowest BCUT2D eigenvalue weighted by Gasteiger charge is -2.06. The van der Waals surface area contributed by atoms with Gasteiger partial charge in [-0.25, -0.2) is 14.8 Å². The number of aromatic nitrogens is 2.